The molecule has 0 unspecified atom stereocenters. The second-order valence-corrected chi connectivity index (χ2v) is 10.7. The lowest BCUT2D eigenvalue weighted by molar-refractivity contribution is 1.29. The zero-order valence-corrected chi connectivity index (χ0v) is 7.19. The molecule has 0 aromatic heterocycles. The molecule has 1 aliphatic heterocycles. The van der Waals surface area contributed by atoms with E-state index in [1.807, 2.05) is 12.4 Å². The lowest BCUT2D eigenvalue weighted by Crippen LogP contribution is -2.45. The fourth-order valence-electron chi connectivity index (χ4n) is 0.438. The van der Waals surface area contributed by atoms with Gasteiger partial charge in [-0.15, -0.1) is 0 Å². The van der Waals surface area contributed by atoms with Crippen LogP contribution in [-0.2, 0) is 0 Å². The van der Waals surface area contributed by atoms with E-state index in [4.69, 9.17) is 0 Å². The lowest BCUT2D eigenvalue weighted by atomic mass is 11.0. The van der Waals surface area contributed by atoms with E-state index in [9.17, 15) is 0 Å². The van der Waals surface area contributed by atoms with Crippen LogP contribution in [0.25, 0.3) is 0 Å². The summed E-state index contributed by atoms with van der Waals surface area (Å²) in [4.78, 5) is 6.46. The van der Waals surface area contributed by atoms with Crippen LogP contribution >= 0.6 is 21.8 Å². The number of nitrogens with one attached hydrogen (secondary N) is 2. The van der Waals surface area contributed by atoms with Crippen LogP contribution in [0.15, 0.2) is 12.4 Å². The molecule has 1 rings (SSSR count). The van der Waals surface area contributed by atoms with E-state index in [0.717, 1.165) is 0 Å². The van der Waals surface area contributed by atoms with Crippen molar-refractivity contribution in [2.24, 2.45) is 0 Å². The first-order valence-corrected chi connectivity index (χ1v) is 7.71. The zero-order chi connectivity index (χ0) is 5.33. The first-order valence-electron chi connectivity index (χ1n) is 2.10. The molecule has 2 N–H and O–H groups in total. The molecule has 7 heavy (non-hydrogen) atoms. The Labute approximate surface area is 56.7 Å². The molecule has 0 aromatic carbocycles. The predicted molar refractivity (Wildman–Crippen MR) is 41.0 cm³/mol. The Morgan fingerprint density at radius 3 is 2.00 bits per heavy atom. The van der Waals surface area contributed by atoms with Gasteiger partial charge in [-0.25, -0.2) is 0 Å². The first-order chi connectivity index (χ1) is 3.21. The van der Waals surface area contributed by atoms with E-state index in [1.54, 1.807) is 0 Å². The molecule has 1 heterocycles. The van der Waals surface area contributed by atoms with E-state index in [0.29, 0.717) is 0 Å². The first kappa shape index (κ1) is 5.42. The highest BCUT2D eigenvalue weighted by Gasteiger charge is 2.23. The molecule has 40 valence electrons. The molecule has 0 amide bonds. The lowest BCUT2D eigenvalue weighted by Gasteiger charge is -2.11. The Morgan fingerprint density at radius 2 is 1.86 bits per heavy atom. The molecule has 0 fully saturated rings. The van der Waals surface area contributed by atoms with Gasteiger partial charge in [0.15, 0.2) is 0 Å². The zero-order valence-electron chi connectivity index (χ0n) is 4.03. The van der Waals surface area contributed by atoms with Gasteiger partial charge in [-0.3, -0.25) is 0 Å². The van der Waals surface area contributed by atoms with E-state index < -0.39 is 5.89 Å². The van der Waals surface area contributed by atoms with Crippen LogP contribution in [0, 0.1) is 0 Å². The molecule has 4 heteroatoms. The van der Waals surface area contributed by atoms with E-state index in [-0.39, 0.29) is 0 Å². The maximum Gasteiger partial charge on any atom is 0.323 e. The van der Waals surface area contributed by atoms with Gasteiger partial charge in [0.2, 0.25) is 0 Å². The highest BCUT2D eigenvalue weighted by Crippen LogP contribution is 2.06. The van der Waals surface area contributed by atoms with Gasteiger partial charge in [-0.05, 0) is 6.55 Å². The summed E-state index contributed by atoms with van der Waals surface area (Å²) < 4.78 is 0. The van der Waals surface area contributed by atoms with E-state index in [2.05, 4.69) is 38.3 Å². The summed E-state index contributed by atoms with van der Waals surface area (Å²) in [5.74, 6) is -1.18. The smallest absolute Gasteiger partial charge is 0.323 e. The van der Waals surface area contributed by atoms with Crippen molar-refractivity contribution in [3.63, 3.8) is 0 Å². The number of halogens is 1. The maximum atomic E-state index is 3.23. The molecule has 1 aliphatic rings. The summed E-state index contributed by atoms with van der Waals surface area (Å²) in [6, 6.07) is 0. The normalized spacial score (nSPS) is 23.7. The Kier molecular flexibility index (Phi) is 1.29. The van der Waals surface area contributed by atoms with Crippen LogP contribution in [-0.4, -0.2) is 5.89 Å². The van der Waals surface area contributed by atoms with Crippen molar-refractivity contribution in [2.45, 2.75) is 6.55 Å². The second-order valence-electron chi connectivity index (χ2n) is 1.62. The minimum atomic E-state index is -1.18. The molecule has 0 saturated carbocycles. The largest absolute Gasteiger partial charge is 0.392 e. The van der Waals surface area contributed by atoms with E-state index >= 15 is 0 Å². The van der Waals surface area contributed by atoms with Gasteiger partial charge in [-0.2, -0.15) is 0 Å². The molecule has 0 bridgehead atoms. The second kappa shape index (κ2) is 1.66. The van der Waals surface area contributed by atoms with Gasteiger partial charge in [0.05, 0.1) is 0 Å². The minimum absolute atomic E-state index is 1.18. The van der Waals surface area contributed by atoms with Crippen molar-refractivity contribution in [2.75, 3.05) is 0 Å². The van der Waals surface area contributed by atoms with Crippen LogP contribution < -0.4 is 9.96 Å². The molecule has 0 saturated heterocycles. The van der Waals surface area contributed by atoms with Crippen molar-refractivity contribution >= 4 is 27.7 Å². The predicted octanol–water partition coefficient (Wildman–Crippen LogP) is 0.654. The third-order valence-electron chi connectivity index (χ3n) is 0.792. The van der Waals surface area contributed by atoms with Crippen molar-refractivity contribution < 1.29 is 0 Å². The van der Waals surface area contributed by atoms with Crippen molar-refractivity contribution in [1.82, 2.24) is 9.96 Å². The van der Waals surface area contributed by atoms with Crippen molar-refractivity contribution in [3.05, 3.63) is 12.4 Å². The van der Waals surface area contributed by atoms with Gasteiger partial charge in [0, 0.05) is 12.4 Å². The monoisotopic (exact) mass is 226 g/mol. The third kappa shape index (κ3) is 1.34. The van der Waals surface area contributed by atoms with Crippen molar-refractivity contribution in [1.29, 1.82) is 0 Å². The maximum absolute atomic E-state index is 3.23. The molecule has 0 aliphatic carbocycles. The summed E-state index contributed by atoms with van der Waals surface area (Å²) in [5, 5.41) is 0. The quantitative estimate of drug-likeness (QED) is 0.360. The molecule has 0 radical (unpaired) electrons. The molecular formula is C3H7IN2Si. The van der Waals surface area contributed by atoms with Crippen LogP contribution in [0.2, 0.25) is 6.55 Å². The summed E-state index contributed by atoms with van der Waals surface area (Å²) in [5.41, 5.74) is 0. The van der Waals surface area contributed by atoms with Crippen LogP contribution in [0.4, 0.5) is 0 Å². The Balaban J connectivity index is 2.49. The Morgan fingerprint density at radius 1 is 1.43 bits per heavy atom. The topological polar surface area (TPSA) is 24.1 Å². The van der Waals surface area contributed by atoms with Gasteiger partial charge < -0.3 is 9.96 Å². The summed E-state index contributed by atoms with van der Waals surface area (Å²) >= 11 is 2.42. The number of hydrogen-bond donors (Lipinski definition) is 2. The van der Waals surface area contributed by atoms with Crippen LogP contribution in [0.3, 0.4) is 0 Å². The fraction of sp³-hybridized carbons (Fsp3) is 0.333. The SMILES string of the molecule is C[Si]1(I)NC=CN1. The number of rotatable bonds is 0. The third-order valence-corrected chi connectivity index (χ3v) is 4.08. The summed E-state index contributed by atoms with van der Waals surface area (Å²) in [6.45, 7) is 2.20. The number of hydrogen-bond acceptors (Lipinski definition) is 2. The Bertz CT molecular complexity index is 91.1. The fourth-order valence-corrected chi connectivity index (χ4v) is 2.39. The highest BCUT2D eigenvalue weighted by atomic mass is 127. The molecule has 0 aromatic rings. The van der Waals surface area contributed by atoms with Crippen molar-refractivity contribution in [3.8, 4) is 0 Å². The van der Waals surface area contributed by atoms with Gasteiger partial charge in [0.25, 0.3) is 0 Å². The Hall–Kier alpha value is 0.287. The van der Waals surface area contributed by atoms with E-state index in [1.165, 1.54) is 0 Å². The van der Waals surface area contributed by atoms with Gasteiger partial charge in [0.1, 0.15) is 0 Å². The standard InChI is InChI=1S/C3H7IN2Si/c1-7(4)5-2-3-6-7/h2-3,5-6H,1H3. The highest BCUT2D eigenvalue weighted by molar-refractivity contribution is 14.1. The summed E-state index contributed by atoms with van der Waals surface area (Å²) in [7, 11) is 0. The van der Waals surface area contributed by atoms with Gasteiger partial charge >= 0.3 is 5.89 Å². The molecule has 0 atom stereocenters. The van der Waals surface area contributed by atoms with Gasteiger partial charge in [-0.1, -0.05) is 21.8 Å². The molecular weight excluding hydrogens is 219 g/mol. The molecule has 2 nitrogen and oxygen atoms in total. The average Bonchev–Trinajstić information content (AvgIpc) is 1.84. The van der Waals surface area contributed by atoms with Crippen LogP contribution in [0.5, 0.6) is 0 Å². The minimum Gasteiger partial charge on any atom is -0.392 e. The molecule has 0 spiro atoms. The summed E-state index contributed by atoms with van der Waals surface area (Å²) in [6.07, 6.45) is 3.91. The van der Waals surface area contributed by atoms with Crippen LogP contribution in [0.1, 0.15) is 0 Å². The average molecular weight is 226 g/mol.